The number of nitrogens with one attached hydrogen (secondary N) is 2. The number of anilines is 2. The first-order chi connectivity index (χ1) is 14.7. The van der Waals surface area contributed by atoms with E-state index < -0.39 is 21.9 Å². The summed E-state index contributed by atoms with van der Waals surface area (Å²) in [5.74, 6) is -0.968. The zero-order chi connectivity index (χ0) is 22.6. The van der Waals surface area contributed by atoms with Gasteiger partial charge in [-0.3, -0.25) is 14.8 Å². The van der Waals surface area contributed by atoms with E-state index >= 15 is 0 Å². The third-order valence-corrected chi connectivity index (χ3v) is 6.82. The molecule has 0 saturated heterocycles. The summed E-state index contributed by atoms with van der Waals surface area (Å²) in [5.41, 5.74) is 2.31. The van der Waals surface area contributed by atoms with Crippen LogP contribution in [-0.2, 0) is 14.8 Å². The summed E-state index contributed by atoms with van der Waals surface area (Å²) in [6.45, 7) is 5.40. The lowest BCUT2D eigenvalue weighted by atomic mass is 10.1. The van der Waals surface area contributed by atoms with Gasteiger partial charge in [0.15, 0.2) is 0 Å². The summed E-state index contributed by atoms with van der Waals surface area (Å²) in [6.07, 6.45) is 0. The van der Waals surface area contributed by atoms with Crippen LogP contribution in [0.5, 0.6) is 0 Å². The number of esters is 1. The second-order valence-corrected chi connectivity index (χ2v) is 9.33. The predicted octanol–water partition coefficient (Wildman–Crippen LogP) is 3.38. The highest BCUT2D eigenvalue weighted by Crippen LogP contribution is 2.26. The van der Waals surface area contributed by atoms with Gasteiger partial charge in [-0.15, -0.1) is 10.2 Å². The molecule has 0 spiro atoms. The van der Waals surface area contributed by atoms with Crippen molar-refractivity contribution in [1.29, 1.82) is 0 Å². The lowest BCUT2D eigenvalue weighted by Gasteiger charge is -2.11. The van der Waals surface area contributed by atoms with Gasteiger partial charge in [-0.05, 0) is 50.6 Å². The molecule has 2 N–H and O–H groups in total. The third-order valence-electron chi connectivity index (χ3n) is 4.24. The minimum Gasteiger partial charge on any atom is -0.462 e. The van der Waals surface area contributed by atoms with Gasteiger partial charge in [0.05, 0.1) is 17.9 Å². The fourth-order valence-electron chi connectivity index (χ4n) is 2.61. The van der Waals surface area contributed by atoms with Crippen LogP contribution in [-0.4, -0.2) is 37.1 Å². The molecule has 9 nitrogen and oxygen atoms in total. The van der Waals surface area contributed by atoms with Crippen molar-refractivity contribution >= 4 is 44.1 Å². The van der Waals surface area contributed by atoms with Crippen LogP contribution in [0.1, 0.15) is 38.8 Å². The summed E-state index contributed by atoms with van der Waals surface area (Å²) in [7, 11) is -4.08. The Morgan fingerprint density at radius 2 is 1.77 bits per heavy atom. The molecule has 1 amide bonds. The number of hydrogen-bond acceptors (Lipinski definition) is 8. The molecular weight excluding hydrogens is 440 g/mol. The molecular formula is C20H20N4O5S2. The van der Waals surface area contributed by atoms with Crippen molar-refractivity contribution in [2.24, 2.45) is 0 Å². The third kappa shape index (κ3) is 5.25. The number of sulfonamides is 1. The molecule has 0 aliphatic carbocycles. The van der Waals surface area contributed by atoms with Crippen LogP contribution < -0.4 is 10.0 Å². The number of benzene rings is 2. The van der Waals surface area contributed by atoms with Gasteiger partial charge in [0.25, 0.3) is 20.3 Å². The molecule has 3 rings (SSSR count). The number of hydrogen-bond donors (Lipinski definition) is 2. The highest BCUT2D eigenvalue weighted by molar-refractivity contribution is 7.94. The van der Waals surface area contributed by atoms with Crippen molar-refractivity contribution in [2.45, 2.75) is 25.1 Å². The van der Waals surface area contributed by atoms with E-state index in [9.17, 15) is 18.0 Å². The number of rotatable bonds is 7. The average molecular weight is 461 g/mol. The summed E-state index contributed by atoms with van der Waals surface area (Å²) < 4.78 is 32.5. The lowest BCUT2D eigenvalue weighted by Crippen LogP contribution is -2.15. The molecule has 0 bridgehead atoms. The molecule has 31 heavy (non-hydrogen) atoms. The van der Waals surface area contributed by atoms with E-state index in [-0.39, 0.29) is 27.3 Å². The molecule has 2 aromatic carbocycles. The fourth-order valence-corrected chi connectivity index (χ4v) is 4.63. The van der Waals surface area contributed by atoms with E-state index in [0.717, 1.165) is 5.56 Å². The number of aryl methyl sites for hydroxylation is 1. The van der Waals surface area contributed by atoms with Crippen LogP contribution in [0.4, 0.5) is 10.8 Å². The molecule has 0 aliphatic heterocycles. The zero-order valence-corrected chi connectivity index (χ0v) is 18.6. The predicted molar refractivity (Wildman–Crippen MR) is 117 cm³/mol. The zero-order valence-electron chi connectivity index (χ0n) is 17.0. The summed E-state index contributed by atoms with van der Waals surface area (Å²) in [6, 6.07) is 11.5. The molecule has 0 saturated carbocycles. The first-order valence-electron chi connectivity index (χ1n) is 9.22. The van der Waals surface area contributed by atoms with Gasteiger partial charge in [-0.25, -0.2) is 4.79 Å². The van der Waals surface area contributed by atoms with Crippen LogP contribution in [0, 0.1) is 13.8 Å². The first-order valence-corrected chi connectivity index (χ1v) is 11.5. The van der Waals surface area contributed by atoms with E-state index in [1.54, 1.807) is 50.2 Å². The Hall–Kier alpha value is -3.31. The van der Waals surface area contributed by atoms with Crippen molar-refractivity contribution in [3.63, 3.8) is 0 Å². The molecule has 0 atom stereocenters. The van der Waals surface area contributed by atoms with Gasteiger partial charge >= 0.3 is 5.97 Å². The second kappa shape index (κ2) is 9.23. The summed E-state index contributed by atoms with van der Waals surface area (Å²) in [4.78, 5) is 24.3. The molecule has 0 radical (unpaired) electrons. The molecule has 1 aromatic heterocycles. The minimum atomic E-state index is -4.08. The van der Waals surface area contributed by atoms with E-state index in [1.807, 2.05) is 6.92 Å². The SMILES string of the molecule is CCOC(=O)c1cccc(NS(=O)(=O)c2nnc(NC(=O)c3ccc(C)cc3)s2)c1C. The lowest BCUT2D eigenvalue weighted by molar-refractivity contribution is 0.0525. The molecule has 0 unspecified atom stereocenters. The van der Waals surface area contributed by atoms with Crippen molar-refractivity contribution in [1.82, 2.24) is 10.2 Å². The molecule has 162 valence electrons. The molecule has 0 fully saturated rings. The van der Waals surface area contributed by atoms with E-state index in [2.05, 4.69) is 20.2 Å². The standard InChI is InChI=1S/C20H20N4O5S2/c1-4-29-18(26)15-6-5-7-16(13(15)3)24-31(27,28)20-23-22-19(30-20)21-17(25)14-10-8-12(2)9-11-14/h5-11,24H,4H2,1-3H3,(H,21,22,25). The average Bonchev–Trinajstić information content (AvgIpc) is 3.19. The maximum atomic E-state index is 12.7. The van der Waals surface area contributed by atoms with E-state index in [1.165, 1.54) is 6.07 Å². The Labute approximate surface area is 183 Å². The molecule has 0 aliphatic rings. The molecule has 11 heteroatoms. The van der Waals surface area contributed by atoms with Crippen LogP contribution in [0.15, 0.2) is 46.8 Å². The van der Waals surface area contributed by atoms with Crippen LogP contribution in [0.3, 0.4) is 0 Å². The van der Waals surface area contributed by atoms with Gasteiger partial charge in [-0.2, -0.15) is 8.42 Å². The largest absolute Gasteiger partial charge is 0.462 e. The number of aromatic nitrogens is 2. The minimum absolute atomic E-state index is 0.0444. The van der Waals surface area contributed by atoms with Crippen LogP contribution in [0.2, 0.25) is 0 Å². The first kappa shape index (κ1) is 22.4. The summed E-state index contributed by atoms with van der Waals surface area (Å²) >= 11 is 0.713. The van der Waals surface area contributed by atoms with Crippen molar-refractivity contribution < 1.29 is 22.7 Å². The number of nitrogens with zero attached hydrogens (tertiary/aromatic N) is 2. The van der Waals surface area contributed by atoms with Gasteiger partial charge in [0.1, 0.15) is 0 Å². The molecule has 1 heterocycles. The maximum absolute atomic E-state index is 12.7. The normalized spacial score (nSPS) is 11.1. The Morgan fingerprint density at radius 1 is 1.06 bits per heavy atom. The van der Waals surface area contributed by atoms with Crippen molar-refractivity contribution in [3.05, 3.63) is 64.7 Å². The number of amides is 1. The van der Waals surface area contributed by atoms with E-state index in [0.29, 0.717) is 22.5 Å². The van der Waals surface area contributed by atoms with Gasteiger partial charge in [0.2, 0.25) is 5.13 Å². The molecule has 3 aromatic rings. The Morgan fingerprint density at radius 3 is 2.45 bits per heavy atom. The maximum Gasteiger partial charge on any atom is 0.338 e. The number of ether oxygens (including phenoxy) is 1. The number of carbonyl (C=O) groups excluding carboxylic acids is 2. The van der Waals surface area contributed by atoms with E-state index in [4.69, 9.17) is 4.74 Å². The Balaban J connectivity index is 1.77. The van der Waals surface area contributed by atoms with Crippen molar-refractivity contribution in [2.75, 3.05) is 16.6 Å². The van der Waals surface area contributed by atoms with Gasteiger partial charge in [-0.1, -0.05) is 35.1 Å². The summed E-state index contributed by atoms with van der Waals surface area (Å²) in [5, 5.41) is 10.00. The smallest absolute Gasteiger partial charge is 0.338 e. The quantitative estimate of drug-likeness (QED) is 0.409. The Bertz CT molecular complexity index is 1220. The van der Waals surface area contributed by atoms with Gasteiger partial charge < -0.3 is 4.74 Å². The fraction of sp³-hybridized carbons (Fsp3) is 0.200. The van der Waals surface area contributed by atoms with Crippen LogP contribution >= 0.6 is 11.3 Å². The van der Waals surface area contributed by atoms with Gasteiger partial charge in [0, 0.05) is 5.56 Å². The van der Waals surface area contributed by atoms with Crippen molar-refractivity contribution in [3.8, 4) is 0 Å². The highest BCUT2D eigenvalue weighted by Gasteiger charge is 2.23. The topological polar surface area (TPSA) is 127 Å². The second-order valence-electron chi connectivity index (χ2n) is 6.50. The van der Waals surface area contributed by atoms with Crippen LogP contribution in [0.25, 0.3) is 0 Å². The Kier molecular flexibility index (Phi) is 6.66. The monoisotopic (exact) mass is 460 g/mol. The highest BCUT2D eigenvalue weighted by atomic mass is 32.2. The number of carbonyl (C=O) groups is 2.